The van der Waals surface area contributed by atoms with Gasteiger partial charge in [-0.3, -0.25) is 4.98 Å². The lowest BCUT2D eigenvalue weighted by Crippen LogP contribution is -2.05. The van der Waals surface area contributed by atoms with Gasteiger partial charge in [-0.1, -0.05) is 0 Å². The van der Waals surface area contributed by atoms with Crippen LogP contribution in [0.2, 0.25) is 0 Å². The molecule has 0 saturated carbocycles. The van der Waals surface area contributed by atoms with E-state index in [4.69, 9.17) is 16.1 Å². The van der Waals surface area contributed by atoms with Crippen LogP contribution in [0.1, 0.15) is 23.2 Å². The Bertz CT molecular complexity index is 387. The number of rotatable bonds is 2. The van der Waals surface area contributed by atoms with Crippen molar-refractivity contribution in [3.63, 3.8) is 0 Å². The fourth-order valence-electron chi connectivity index (χ4n) is 1.01. The summed E-state index contributed by atoms with van der Waals surface area (Å²) < 4.78 is 24.5. The highest BCUT2D eigenvalue weighted by Gasteiger charge is 2.18. The largest absolute Gasteiger partial charge is 0.396 e. The molecule has 0 atom stereocenters. The quantitative estimate of drug-likeness (QED) is 0.743. The van der Waals surface area contributed by atoms with Crippen molar-refractivity contribution in [1.82, 2.24) is 4.98 Å². The fraction of sp³-hybridized carbons (Fsp3) is 0.250. The van der Waals surface area contributed by atoms with Crippen molar-refractivity contribution in [1.29, 1.82) is 5.26 Å². The number of alkyl halides is 2. The molecule has 1 aromatic rings. The standard InChI is InChI=1S/C8H7F2N3O/c9-8(10)7-6(12)5(1-11)4(3-14)2-13-7/h2,8,14H,3,12H2. The molecule has 0 amide bonds. The van der Waals surface area contributed by atoms with Crippen LogP contribution in [0.3, 0.4) is 0 Å². The van der Waals surface area contributed by atoms with Gasteiger partial charge in [0.2, 0.25) is 0 Å². The van der Waals surface area contributed by atoms with E-state index in [0.29, 0.717) is 0 Å². The van der Waals surface area contributed by atoms with Gasteiger partial charge in [-0.15, -0.1) is 0 Å². The lowest BCUT2D eigenvalue weighted by atomic mass is 10.1. The van der Waals surface area contributed by atoms with Gasteiger partial charge in [-0.25, -0.2) is 8.78 Å². The molecular weight excluding hydrogens is 192 g/mol. The number of nitrogens with zero attached hydrogens (tertiary/aromatic N) is 2. The Labute approximate surface area is 78.6 Å². The first kappa shape index (κ1) is 10.3. The van der Waals surface area contributed by atoms with Gasteiger partial charge in [0.25, 0.3) is 6.43 Å². The highest BCUT2D eigenvalue weighted by molar-refractivity contribution is 5.60. The van der Waals surface area contributed by atoms with Gasteiger partial charge in [0.15, 0.2) is 0 Å². The van der Waals surface area contributed by atoms with Crippen molar-refractivity contribution >= 4 is 5.69 Å². The summed E-state index contributed by atoms with van der Waals surface area (Å²) in [6, 6.07) is 1.65. The van der Waals surface area contributed by atoms with E-state index in [0.717, 1.165) is 6.20 Å². The summed E-state index contributed by atoms with van der Waals surface area (Å²) in [5.41, 5.74) is 4.31. The molecule has 0 bridgehead atoms. The van der Waals surface area contributed by atoms with E-state index in [1.54, 1.807) is 6.07 Å². The molecule has 0 fully saturated rings. The minimum Gasteiger partial charge on any atom is -0.396 e. The van der Waals surface area contributed by atoms with Gasteiger partial charge in [0.1, 0.15) is 11.8 Å². The first-order valence-electron chi connectivity index (χ1n) is 3.68. The zero-order valence-electron chi connectivity index (χ0n) is 7.04. The van der Waals surface area contributed by atoms with Gasteiger partial charge in [-0.05, 0) is 0 Å². The fourth-order valence-corrected chi connectivity index (χ4v) is 1.01. The molecule has 0 aliphatic heterocycles. The molecule has 1 rings (SSSR count). The van der Waals surface area contributed by atoms with Crippen LogP contribution >= 0.6 is 0 Å². The van der Waals surface area contributed by atoms with E-state index in [1.807, 2.05) is 0 Å². The van der Waals surface area contributed by atoms with E-state index in [1.165, 1.54) is 0 Å². The van der Waals surface area contributed by atoms with Gasteiger partial charge in [0.05, 0.1) is 17.9 Å². The molecule has 1 aromatic heterocycles. The molecule has 0 saturated heterocycles. The average Bonchev–Trinajstić information content (AvgIpc) is 2.16. The maximum absolute atomic E-state index is 12.3. The lowest BCUT2D eigenvalue weighted by Gasteiger charge is -2.07. The zero-order valence-corrected chi connectivity index (χ0v) is 7.04. The van der Waals surface area contributed by atoms with Crippen molar-refractivity contribution in [2.24, 2.45) is 0 Å². The topological polar surface area (TPSA) is 82.9 Å². The highest BCUT2D eigenvalue weighted by atomic mass is 19.3. The minimum atomic E-state index is -2.82. The van der Waals surface area contributed by atoms with Crippen LogP contribution in [0.15, 0.2) is 6.20 Å². The smallest absolute Gasteiger partial charge is 0.282 e. The van der Waals surface area contributed by atoms with Crippen LogP contribution in [0.5, 0.6) is 0 Å². The van der Waals surface area contributed by atoms with Crippen LogP contribution in [0, 0.1) is 11.3 Å². The summed E-state index contributed by atoms with van der Waals surface area (Å²) in [5.74, 6) is 0. The number of hydrogen-bond acceptors (Lipinski definition) is 4. The van der Waals surface area contributed by atoms with Gasteiger partial charge < -0.3 is 10.8 Å². The molecule has 4 nitrogen and oxygen atoms in total. The van der Waals surface area contributed by atoms with Crippen molar-refractivity contribution < 1.29 is 13.9 Å². The normalized spacial score (nSPS) is 10.2. The number of aliphatic hydroxyl groups excluding tert-OH is 1. The number of nitrogen functional groups attached to an aromatic ring is 1. The Morgan fingerprint density at radius 1 is 1.64 bits per heavy atom. The first-order chi connectivity index (χ1) is 6.61. The Kier molecular flexibility index (Phi) is 2.94. The summed E-state index contributed by atoms with van der Waals surface area (Å²) >= 11 is 0. The molecule has 6 heteroatoms. The molecular formula is C8H7F2N3O. The monoisotopic (exact) mass is 199 g/mol. The molecule has 3 N–H and O–H groups in total. The Hall–Kier alpha value is -1.74. The number of nitrogens with two attached hydrogens (primary N) is 1. The van der Waals surface area contributed by atoms with Crippen molar-refractivity contribution in [3.8, 4) is 6.07 Å². The highest BCUT2D eigenvalue weighted by Crippen LogP contribution is 2.26. The van der Waals surface area contributed by atoms with Crippen molar-refractivity contribution in [2.75, 3.05) is 5.73 Å². The van der Waals surface area contributed by atoms with Gasteiger partial charge >= 0.3 is 0 Å². The third-order valence-corrected chi connectivity index (χ3v) is 1.71. The van der Waals surface area contributed by atoms with E-state index in [9.17, 15) is 8.78 Å². The SMILES string of the molecule is N#Cc1c(CO)cnc(C(F)F)c1N. The second-order valence-electron chi connectivity index (χ2n) is 2.53. The van der Waals surface area contributed by atoms with Crippen molar-refractivity contribution in [2.45, 2.75) is 13.0 Å². The minimum absolute atomic E-state index is 0.141. The van der Waals surface area contributed by atoms with E-state index >= 15 is 0 Å². The Morgan fingerprint density at radius 3 is 2.71 bits per heavy atom. The molecule has 74 valence electrons. The van der Waals surface area contributed by atoms with Crippen LogP contribution in [0.25, 0.3) is 0 Å². The summed E-state index contributed by atoms with van der Waals surface area (Å²) in [6.07, 6.45) is -1.80. The zero-order chi connectivity index (χ0) is 10.7. The summed E-state index contributed by atoms with van der Waals surface area (Å²) in [4.78, 5) is 3.37. The van der Waals surface area contributed by atoms with Crippen LogP contribution < -0.4 is 5.73 Å². The average molecular weight is 199 g/mol. The Balaban J connectivity index is 3.37. The maximum Gasteiger partial charge on any atom is 0.282 e. The van der Waals surface area contributed by atoms with Crippen LogP contribution in [-0.2, 0) is 6.61 Å². The third kappa shape index (κ3) is 1.63. The van der Waals surface area contributed by atoms with Gasteiger partial charge in [-0.2, -0.15) is 5.26 Å². The van der Waals surface area contributed by atoms with Gasteiger partial charge in [0, 0.05) is 11.8 Å². The van der Waals surface area contributed by atoms with Crippen molar-refractivity contribution in [3.05, 3.63) is 23.0 Å². The van der Waals surface area contributed by atoms with E-state index in [-0.39, 0.29) is 16.8 Å². The molecule has 1 heterocycles. The molecule has 0 radical (unpaired) electrons. The summed E-state index contributed by atoms with van der Waals surface area (Å²) in [6.45, 7) is -0.455. The number of aromatic nitrogens is 1. The van der Waals surface area contributed by atoms with Crippen LogP contribution in [-0.4, -0.2) is 10.1 Å². The number of nitriles is 1. The second-order valence-corrected chi connectivity index (χ2v) is 2.53. The number of hydrogen-bond donors (Lipinski definition) is 2. The Morgan fingerprint density at radius 2 is 2.29 bits per heavy atom. The maximum atomic E-state index is 12.3. The predicted octanol–water partition coefficient (Wildman–Crippen LogP) is 0.965. The molecule has 14 heavy (non-hydrogen) atoms. The summed E-state index contributed by atoms with van der Waals surface area (Å²) in [7, 11) is 0. The molecule has 0 spiro atoms. The number of pyridine rings is 1. The molecule has 0 unspecified atom stereocenters. The predicted molar refractivity (Wildman–Crippen MR) is 44.2 cm³/mol. The molecule has 0 aromatic carbocycles. The summed E-state index contributed by atoms with van der Waals surface area (Å²) in [5, 5.41) is 17.4. The van der Waals surface area contributed by atoms with Crippen LogP contribution in [0.4, 0.5) is 14.5 Å². The number of anilines is 1. The number of aliphatic hydroxyl groups is 1. The van der Waals surface area contributed by atoms with E-state index in [2.05, 4.69) is 4.98 Å². The van der Waals surface area contributed by atoms with E-state index < -0.39 is 18.7 Å². The number of halogens is 2. The molecule has 0 aliphatic carbocycles. The third-order valence-electron chi connectivity index (χ3n) is 1.71. The first-order valence-corrected chi connectivity index (χ1v) is 3.68. The second kappa shape index (κ2) is 3.98. The lowest BCUT2D eigenvalue weighted by molar-refractivity contribution is 0.147. The molecule has 0 aliphatic rings.